The molecule has 1 heterocycles. The molecule has 0 amide bonds. The van der Waals surface area contributed by atoms with E-state index in [4.69, 9.17) is 26.2 Å². The highest BCUT2D eigenvalue weighted by Gasteiger charge is 2.32. The number of carboxylic acid groups (broad SMARTS) is 1. The molecule has 0 radical (unpaired) electrons. The van der Waals surface area contributed by atoms with Crippen LogP contribution >= 0.6 is 11.6 Å². The minimum absolute atomic E-state index is 0.140. The van der Waals surface area contributed by atoms with Gasteiger partial charge in [-0.2, -0.15) is 0 Å². The molecule has 0 bridgehead atoms. The number of carbonyl (C=O) groups is 2. The largest absolute Gasteiger partial charge is 0.573 e. The molecule has 0 aliphatic rings. The average Bonchev–Trinajstić information content (AvgIpc) is 3.13. The lowest BCUT2D eigenvalue weighted by molar-refractivity contribution is -0.274. The van der Waals surface area contributed by atoms with Gasteiger partial charge in [0.1, 0.15) is 17.2 Å². The Labute approximate surface area is 226 Å². The molecule has 204 valence electrons. The van der Waals surface area contributed by atoms with Gasteiger partial charge in [-0.1, -0.05) is 23.7 Å². The number of aromatic nitrogens is 1. The van der Waals surface area contributed by atoms with Gasteiger partial charge in [0.25, 0.3) is 0 Å². The van der Waals surface area contributed by atoms with Gasteiger partial charge >= 0.3 is 12.3 Å². The zero-order valence-corrected chi connectivity index (χ0v) is 21.8. The van der Waals surface area contributed by atoms with Crippen molar-refractivity contribution in [2.75, 3.05) is 7.11 Å². The number of nitrogens with zero attached hydrogens (tertiary/aromatic N) is 1. The number of carboxylic acids is 1. The van der Waals surface area contributed by atoms with Crippen LogP contribution in [0, 0.1) is 6.92 Å². The summed E-state index contributed by atoms with van der Waals surface area (Å²) in [6, 6.07) is 15.0. The molecule has 1 atom stereocenters. The monoisotopic (exact) mass is 561 g/mol. The van der Waals surface area contributed by atoms with Crippen LogP contribution in [-0.2, 0) is 11.3 Å². The molecule has 4 rings (SSSR count). The first kappa shape index (κ1) is 27.8. The Hall–Kier alpha value is -4.18. The number of hydrogen-bond acceptors (Lipinski definition) is 5. The second-order valence-electron chi connectivity index (χ2n) is 8.69. The van der Waals surface area contributed by atoms with E-state index >= 15 is 0 Å². The van der Waals surface area contributed by atoms with Gasteiger partial charge in [-0.3, -0.25) is 4.79 Å². The van der Waals surface area contributed by atoms with Crippen molar-refractivity contribution in [1.29, 1.82) is 0 Å². The van der Waals surface area contributed by atoms with Crippen molar-refractivity contribution < 1.29 is 42.1 Å². The fourth-order valence-corrected chi connectivity index (χ4v) is 4.45. The van der Waals surface area contributed by atoms with Gasteiger partial charge in [0.15, 0.2) is 11.9 Å². The van der Waals surface area contributed by atoms with Gasteiger partial charge in [-0.25, -0.2) is 4.79 Å². The maximum absolute atomic E-state index is 13.8. The van der Waals surface area contributed by atoms with E-state index in [1.807, 2.05) is 0 Å². The van der Waals surface area contributed by atoms with Gasteiger partial charge in [-0.15, -0.1) is 13.2 Å². The van der Waals surface area contributed by atoms with Gasteiger partial charge < -0.3 is 23.9 Å². The van der Waals surface area contributed by atoms with Crippen LogP contribution in [0.3, 0.4) is 0 Å². The Balaban J connectivity index is 1.85. The summed E-state index contributed by atoms with van der Waals surface area (Å²) in [5, 5.41) is 9.93. The normalized spacial score (nSPS) is 12.3. The first-order chi connectivity index (χ1) is 18.4. The summed E-state index contributed by atoms with van der Waals surface area (Å²) in [6.07, 6.45) is -5.99. The Morgan fingerprint density at radius 3 is 2.46 bits per heavy atom. The second-order valence-corrected chi connectivity index (χ2v) is 9.13. The van der Waals surface area contributed by atoms with E-state index < -0.39 is 30.0 Å². The Morgan fingerprint density at radius 2 is 1.79 bits per heavy atom. The van der Waals surface area contributed by atoms with Crippen LogP contribution < -0.4 is 14.2 Å². The molecule has 0 spiro atoms. The number of ether oxygens (including phenoxy) is 3. The molecule has 0 saturated carbocycles. The first-order valence-corrected chi connectivity index (χ1v) is 12.0. The lowest BCUT2D eigenvalue weighted by Crippen LogP contribution is -2.22. The van der Waals surface area contributed by atoms with E-state index in [2.05, 4.69) is 4.74 Å². The van der Waals surface area contributed by atoms with Gasteiger partial charge in [-0.05, 0) is 61.9 Å². The molecule has 0 unspecified atom stereocenters. The number of alkyl halides is 3. The molecule has 39 heavy (non-hydrogen) atoms. The van der Waals surface area contributed by atoms with Crippen molar-refractivity contribution in [3.05, 3.63) is 88.1 Å². The Kier molecular flexibility index (Phi) is 7.78. The fourth-order valence-electron chi connectivity index (χ4n) is 4.29. The standard InChI is InChI=1S/C28H23ClF3NO6/c1-15-25(26(34)22-9-7-18(29)12-24(22)37-3)21-10-8-20(39-28(30,31)32)13-23(21)33(15)14-17-5-4-6-19(11-17)38-16(2)27(35)36/h4-13,16H,14H2,1-3H3,(H,35,36)/t16-/m0/s1. The molecule has 3 aromatic carbocycles. The van der Waals surface area contributed by atoms with E-state index in [0.717, 1.165) is 6.07 Å². The molecule has 0 fully saturated rings. The lowest BCUT2D eigenvalue weighted by Gasteiger charge is -2.14. The van der Waals surface area contributed by atoms with Crippen LogP contribution in [0.25, 0.3) is 10.9 Å². The van der Waals surface area contributed by atoms with E-state index in [1.165, 1.54) is 38.3 Å². The number of aliphatic carboxylic acids is 1. The lowest BCUT2D eigenvalue weighted by atomic mass is 9.99. The predicted octanol–water partition coefficient (Wildman–Crippen LogP) is 6.64. The van der Waals surface area contributed by atoms with Crippen molar-refractivity contribution in [2.45, 2.75) is 32.9 Å². The van der Waals surface area contributed by atoms with Crippen LogP contribution in [0.2, 0.25) is 5.02 Å². The number of hydrogen-bond donors (Lipinski definition) is 1. The van der Waals surface area contributed by atoms with E-state index in [0.29, 0.717) is 32.9 Å². The third-order valence-corrected chi connectivity index (χ3v) is 6.30. The van der Waals surface area contributed by atoms with Crippen molar-refractivity contribution in [3.8, 4) is 17.2 Å². The zero-order valence-electron chi connectivity index (χ0n) is 21.0. The molecule has 1 aromatic heterocycles. The van der Waals surface area contributed by atoms with Gasteiger partial charge in [0, 0.05) is 28.7 Å². The van der Waals surface area contributed by atoms with Crippen LogP contribution in [0.4, 0.5) is 13.2 Å². The van der Waals surface area contributed by atoms with E-state index in [-0.39, 0.29) is 23.4 Å². The number of carbonyl (C=O) groups excluding carboxylic acids is 1. The molecule has 1 N–H and O–H groups in total. The first-order valence-electron chi connectivity index (χ1n) is 11.6. The van der Waals surface area contributed by atoms with Crippen LogP contribution in [0.15, 0.2) is 60.7 Å². The zero-order chi connectivity index (χ0) is 28.5. The van der Waals surface area contributed by atoms with Crippen LogP contribution in [-0.4, -0.2) is 41.0 Å². The SMILES string of the molecule is COc1cc(Cl)ccc1C(=O)c1c(C)n(Cc2cccc(O[C@@H](C)C(=O)O)c2)c2cc(OC(F)(F)F)ccc12. The van der Waals surface area contributed by atoms with Crippen molar-refractivity contribution in [2.24, 2.45) is 0 Å². The van der Waals surface area contributed by atoms with Gasteiger partial charge in [0.05, 0.1) is 23.8 Å². The topological polar surface area (TPSA) is 87.0 Å². The summed E-state index contributed by atoms with van der Waals surface area (Å²) in [7, 11) is 1.40. The number of methoxy groups -OCH3 is 1. The van der Waals surface area contributed by atoms with Crippen LogP contribution in [0.5, 0.6) is 17.2 Å². The maximum atomic E-state index is 13.8. The number of fused-ring (bicyclic) bond motifs is 1. The second kappa shape index (κ2) is 10.9. The third kappa shape index (κ3) is 6.12. The predicted molar refractivity (Wildman–Crippen MR) is 138 cm³/mol. The molecule has 7 nitrogen and oxygen atoms in total. The average molecular weight is 562 g/mol. The number of ketones is 1. The van der Waals surface area contributed by atoms with Crippen molar-refractivity contribution in [3.63, 3.8) is 0 Å². The van der Waals surface area contributed by atoms with Gasteiger partial charge in [0.2, 0.25) is 0 Å². The summed E-state index contributed by atoms with van der Waals surface area (Å²) in [5.74, 6) is -1.42. The number of rotatable bonds is 9. The summed E-state index contributed by atoms with van der Waals surface area (Å²) in [5.41, 5.74) is 1.99. The molecule has 0 aliphatic carbocycles. The van der Waals surface area contributed by atoms with E-state index in [1.54, 1.807) is 41.8 Å². The maximum Gasteiger partial charge on any atom is 0.573 e. The Bertz CT molecular complexity index is 1560. The third-order valence-electron chi connectivity index (χ3n) is 6.06. The molecule has 0 saturated heterocycles. The Morgan fingerprint density at radius 1 is 1.05 bits per heavy atom. The van der Waals surface area contributed by atoms with E-state index in [9.17, 15) is 22.8 Å². The van der Waals surface area contributed by atoms with Crippen LogP contribution in [0.1, 0.15) is 34.1 Å². The smallest absolute Gasteiger partial charge is 0.496 e. The minimum atomic E-state index is -4.90. The minimum Gasteiger partial charge on any atom is -0.496 e. The molecular formula is C28H23ClF3NO6. The number of benzene rings is 3. The molecule has 4 aromatic rings. The van der Waals surface area contributed by atoms with Crippen molar-refractivity contribution in [1.82, 2.24) is 4.57 Å². The number of halogens is 4. The fraction of sp³-hybridized carbons (Fsp3) is 0.214. The quantitative estimate of drug-likeness (QED) is 0.230. The molecular weight excluding hydrogens is 539 g/mol. The highest BCUT2D eigenvalue weighted by atomic mass is 35.5. The summed E-state index contributed by atoms with van der Waals surface area (Å²) in [6.45, 7) is 3.22. The summed E-state index contributed by atoms with van der Waals surface area (Å²) < 4.78 is 55.6. The highest BCUT2D eigenvalue weighted by molar-refractivity contribution is 6.31. The molecule has 0 aliphatic heterocycles. The van der Waals surface area contributed by atoms with Crippen molar-refractivity contribution >= 4 is 34.3 Å². The summed E-state index contributed by atoms with van der Waals surface area (Å²) >= 11 is 6.05. The molecule has 11 heteroatoms. The highest BCUT2D eigenvalue weighted by Crippen LogP contribution is 2.35. The summed E-state index contributed by atoms with van der Waals surface area (Å²) in [4.78, 5) is 24.9.